The molecule has 0 atom stereocenters. The monoisotopic (exact) mass is 329 g/mol. The van der Waals surface area contributed by atoms with Crippen LogP contribution in [0.25, 0.3) is 0 Å². The highest BCUT2D eigenvalue weighted by Gasteiger charge is 2.19. The standard InChI is InChI=1S/C13H19N3O5S/c1-4-21-12(18)10-8(2)15-13(19)16-11(10)22-7-9(17)14-5-6-20-3/h4-7H2,1-3H3,(H,14,17)(H,15,16,19). The Balaban J connectivity index is 2.82. The van der Waals surface area contributed by atoms with Gasteiger partial charge in [0, 0.05) is 19.3 Å². The number of carbonyl (C=O) groups is 2. The molecular formula is C13H19N3O5S. The van der Waals surface area contributed by atoms with Crippen LogP contribution >= 0.6 is 11.8 Å². The van der Waals surface area contributed by atoms with Crippen molar-refractivity contribution in [1.29, 1.82) is 0 Å². The molecule has 1 heterocycles. The van der Waals surface area contributed by atoms with E-state index in [0.717, 1.165) is 11.8 Å². The highest BCUT2D eigenvalue weighted by molar-refractivity contribution is 8.00. The number of aromatic amines is 1. The maximum absolute atomic E-state index is 11.9. The van der Waals surface area contributed by atoms with Crippen molar-refractivity contribution in [3.05, 3.63) is 21.7 Å². The number of rotatable bonds is 8. The predicted molar refractivity (Wildman–Crippen MR) is 81.2 cm³/mol. The average molecular weight is 329 g/mol. The third-order valence-corrected chi connectivity index (χ3v) is 3.51. The molecule has 8 nitrogen and oxygen atoms in total. The fraction of sp³-hybridized carbons (Fsp3) is 0.538. The van der Waals surface area contributed by atoms with Crippen LogP contribution in [0.5, 0.6) is 0 Å². The van der Waals surface area contributed by atoms with E-state index in [-0.39, 0.29) is 28.9 Å². The van der Waals surface area contributed by atoms with Gasteiger partial charge in [-0.3, -0.25) is 4.79 Å². The molecule has 0 saturated heterocycles. The molecular weight excluding hydrogens is 310 g/mol. The summed E-state index contributed by atoms with van der Waals surface area (Å²) >= 11 is 1.01. The number of hydrogen-bond donors (Lipinski definition) is 2. The van der Waals surface area contributed by atoms with Crippen LogP contribution in [0.3, 0.4) is 0 Å². The summed E-state index contributed by atoms with van der Waals surface area (Å²) < 4.78 is 9.77. The lowest BCUT2D eigenvalue weighted by Gasteiger charge is -2.10. The lowest BCUT2D eigenvalue weighted by molar-refractivity contribution is -0.118. The lowest BCUT2D eigenvalue weighted by Crippen LogP contribution is -2.28. The quantitative estimate of drug-likeness (QED) is 0.301. The number of methoxy groups -OCH3 is 1. The number of H-pyrrole nitrogens is 1. The van der Waals surface area contributed by atoms with Crippen LogP contribution in [0.1, 0.15) is 23.0 Å². The Labute approximate surface area is 132 Å². The largest absolute Gasteiger partial charge is 0.462 e. The van der Waals surface area contributed by atoms with E-state index < -0.39 is 11.7 Å². The Kier molecular flexibility index (Phi) is 7.61. The molecule has 0 aliphatic rings. The lowest BCUT2D eigenvalue weighted by atomic mass is 10.2. The van der Waals surface area contributed by atoms with Crippen LogP contribution in [0.4, 0.5) is 0 Å². The van der Waals surface area contributed by atoms with Gasteiger partial charge in [0.1, 0.15) is 10.6 Å². The molecule has 0 saturated carbocycles. The second-order valence-electron chi connectivity index (χ2n) is 4.20. The zero-order valence-electron chi connectivity index (χ0n) is 12.7. The van der Waals surface area contributed by atoms with Crippen molar-refractivity contribution in [1.82, 2.24) is 15.3 Å². The SMILES string of the molecule is CCOC(=O)c1c(SCC(=O)NCCOC)nc(=O)[nH]c1C. The van der Waals surface area contributed by atoms with Crippen LogP contribution in [0, 0.1) is 6.92 Å². The molecule has 0 radical (unpaired) electrons. The summed E-state index contributed by atoms with van der Waals surface area (Å²) in [7, 11) is 1.54. The maximum Gasteiger partial charge on any atom is 0.346 e. The first-order valence-corrected chi connectivity index (χ1v) is 7.64. The Hall–Kier alpha value is -1.87. The van der Waals surface area contributed by atoms with Crippen molar-refractivity contribution >= 4 is 23.6 Å². The Morgan fingerprint density at radius 2 is 2.14 bits per heavy atom. The molecule has 122 valence electrons. The highest BCUT2D eigenvalue weighted by Crippen LogP contribution is 2.21. The number of hydrogen-bond acceptors (Lipinski definition) is 7. The summed E-state index contributed by atoms with van der Waals surface area (Å²) in [6.07, 6.45) is 0. The smallest absolute Gasteiger partial charge is 0.346 e. The van der Waals surface area contributed by atoms with Crippen molar-refractivity contribution < 1.29 is 19.1 Å². The van der Waals surface area contributed by atoms with Gasteiger partial charge in [0.15, 0.2) is 0 Å². The Bertz CT molecular complexity index is 588. The normalized spacial score (nSPS) is 10.3. The number of amides is 1. The second-order valence-corrected chi connectivity index (χ2v) is 5.16. The van der Waals surface area contributed by atoms with E-state index >= 15 is 0 Å². The summed E-state index contributed by atoms with van der Waals surface area (Å²) in [6.45, 7) is 4.27. The molecule has 1 amide bonds. The maximum atomic E-state index is 11.9. The zero-order valence-corrected chi connectivity index (χ0v) is 13.5. The first kappa shape index (κ1) is 18.2. The van der Waals surface area contributed by atoms with E-state index in [2.05, 4.69) is 15.3 Å². The van der Waals surface area contributed by atoms with Crippen molar-refractivity contribution in [2.45, 2.75) is 18.9 Å². The molecule has 0 bridgehead atoms. The molecule has 22 heavy (non-hydrogen) atoms. The summed E-state index contributed by atoms with van der Waals surface area (Å²) in [5, 5.41) is 2.82. The van der Waals surface area contributed by atoms with Gasteiger partial charge in [0.25, 0.3) is 0 Å². The molecule has 0 fully saturated rings. The number of nitrogens with zero attached hydrogens (tertiary/aromatic N) is 1. The van der Waals surface area contributed by atoms with Crippen molar-refractivity contribution in [3.8, 4) is 0 Å². The van der Waals surface area contributed by atoms with E-state index in [0.29, 0.717) is 18.8 Å². The first-order valence-electron chi connectivity index (χ1n) is 6.66. The summed E-state index contributed by atoms with van der Waals surface area (Å²) in [5.74, 6) is -0.783. The van der Waals surface area contributed by atoms with E-state index in [1.54, 1.807) is 13.8 Å². The molecule has 0 unspecified atom stereocenters. The molecule has 9 heteroatoms. The average Bonchev–Trinajstić information content (AvgIpc) is 2.45. The highest BCUT2D eigenvalue weighted by atomic mass is 32.2. The molecule has 1 rings (SSSR count). The van der Waals surface area contributed by atoms with Gasteiger partial charge in [0.05, 0.1) is 19.0 Å². The van der Waals surface area contributed by atoms with Gasteiger partial charge < -0.3 is 19.8 Å². The van der Waals surface area contributed by atoms with Gasteiger partial charge in [-0.05, 0) is 13.8 Å². The molecule has 0 aliphatic heterocycles. The Morgan fingerprint density at radius 3 is 2.77 bits per heavy atom. The first-order chi connectivity index (χ1) is 10.5. The molecule has 1 aromatic heterocycles. The summed E-state index contributed by atoms with van der Waals surface area (Å²) in [4.78, 5) is 41.2. The third-order valence-electron chi connectivity index (χ3n) is 2.53. The predicted octanol–water partition coefficient (Wildman–Crippen LogP) is 0.110. The number of ether oxygens (including phenoxy) is 2. The molecule has 0 spiro atoms. The molecule has 2 N–H and O–H groups in total. The molecule has 0 aromatic carbocycles. The number of aryl methyl sites for hydroxylation is 1. The van der Waals surface area contributed by atoms with E-state index in [9.17, 15) is 14.4 Å². The fourth-order valence-electron chi connectivity index (χ4n) is 1.58. The number of aromatic nitrogens is 2. The minimum atomic E-state index is -0.578. The van der Waals surface area contributed by atoms with Gasteiger partial charge in [-0.25, -0.2) is 9.59 Å². The summed E-state index contributed by atoms with van der Waals surface area (Å²) in [5.41, 5.74) is -0.0373. The minimum Gasteiger partial charge on any atom is -0.462 e. The number of carbonyl (C=O) groups excluding carboxylic acids is 2. The van der Waals surface area contributed by atoms with E-state index in [4.69, 9.17) is 9.47 Å². The van der Waals surface area contributed by atoms with Crippen molar-refractivity contribution in [3.63, 3.8) is 0 Å². The third kappa shape index (κ3) is 5.49. The molecule has 1 aromatic rings. The van der Waals surface area contributed by atoms with Gasteiger partial charge in [0.2, 0.25) is 5.91 Å². The van der Waals surface area contributed by atoms with Crippen LogP contribution in [-0.2, 0) is 14.3 Å². The van der Waals surface area contributed by atoms with E-state index in [1.807, 2.05) is 0 Å². The molecule has 0 aliphatic carbocycles. The van der Waals surface area contributed by atoms with Crippen LogP contribution < -0.4 is 11.0 Å². The minimum absolute atomic E-state index is 0.0337. The fourth-order valence-corrected chi connectivity index (χ4v) is 2.48. The van der Waals surface area contributed by atoms with Gasteiger partial charge in [-0.2, -0.15) is 4.98 Å². The van der Waals surface area contributed by atoms with Gasteiger partial charge in [-0.1, -0.05) is 11.8 Å². The van der Waals surface area contributed by atoms with Crippen LogP contribution in [0.15, 0.2) is 9.82 Å². The van der Waals surface area contributed by atoms with Gasteiger partial charge >= 0.3 is 11.7 Å². The Morgan fingerprint density at radius 1 is 1.41 bits per heavy atom. The number of nitrogens with one attached hydrogen (secondary N) is 2. The second kappa shape index (κ2) is 9.21. The topological polar surface area (TPSA) is 110 Å². The van der Waals surface area contributed by atoms with Crippen LogP contribution in [0.2, 0.25) is 0 Å². The van der Waals surface area contributed by atoms with Gasteiger partial charge in [-0.15, -0.1) is 0 Å². The van der Waals surface area contributed by atoms with E-state index in [1.165, 1.54) is 7.11 Å². The summed E-state index contributed by atoms with van der Waals surface area (Å²) in [6, 6.07) is 0. The van der Waals surface area contributed by atoms with Crippen LogP contribution in [-0.4, -0.2) is 54.5 Å². The van der Waals surface area contributed by atoms with Crippen molar-refractivity contribution in [2.75, 3.05) is 32.6 Å². The zero-order chi connectivity index (χ0) is 16.5. The van der Waals surface area contributed by atoms with Crippen molar-refractivity contribution in [2.24, 2.45) is 0 Å². The number of thioether (sulfide) groups is 1. The number of esters is 1.